The summed E-state index contributed by atoms with van der Waals surface area (Å²) < 4.78 is 10.8. The second-order valence-electron chi connectivity index (χ2n) is 4.87. The monoisotopic (exact) mass is 262 g/mol. The minimum atomic E-state index is -0.247. The Morgan fingerprint density at radius 2 is 2.32 bits per heavy atom. The minimum absolute atomic E-state index is 0.0403. The van der Waals surface area contributed by atoms with Crippen LogP contribution in [0, 0.1) is 0 Å². The SMILES string of the molecule is CN(C(=O)C1COCCN1)c1ccc2c(c1)CCO2. The van der Waals surface area contributed by atoms with Crippen LogP contribution in [0.1, 0.15) is 5.56 Å². The van der Waals surface area contributed by atoms with Gasteiger partial charge in [0.05, 0.1) is 19.8 Å². The van der Waals surface area contributed by atoms with Crippen LogP contribution >= 0.6 is 0 Å². The summed E-state index contributed by atoms with van der Waals surface area (Å²) in [5.41, 5.74) is 2.08. The summed E-state index contributed by atoms with van der Waals surface area (Å²) in [5.74, 6) is 0.974. The molecule has 3 rings (SSSR count). The van der Waals surface area contributed by atoms with E-state index in [9.17, 15) is 4.79 Å². The molecule has 1 fully saturated rings. The maximum atomic E-state index is 12.4. The molecular formula is C14H18N2O3. The van der Waals surface area contributed by atoms with Gasteiger partial charge in [0.1, 0.15) is 11.8 Å². The van der Waals surface area contributed by atoms with Crippen LogP contribution in [0.3, 0.4) is 0 Å². The average molecular weight is 262 g/mol. The zero-order valence-electron chi connectivity index (χ0n) is 11.0. The molecule has 0 aliphatic carbocycles. The first-order valence-corrected chi connectivity index (χ1v) is 6.60. The molecule has 1 N–H and O–H groups in total. The van der Waals surface area contributed by atoms with Gasteiger partial charge >= 0.3 is 0 Å². The molecule has 0 saturated carbocycles. The van der Waals surface area contributed by atoms with Gasteiger partial charge in [-0.2, -0.15) is 0 Å². The Morgan fingerprint density at radius 1 is 1.42 bits per heavy atom. The molecule has 5 heteroatoms. The number of morpholine rings is 1. The van der Waals surface area contributed by atoms with Gasteiger partial charge in [0.25, 0.3) is 0 Å². The molecule has 1 atom stereocenters. The number of carbonyl (C=O) groups excluding carboxylic acids is 1. The number of fused-ring (bicyclic) bond motifs is 1. The van der Waals surface area contributed by atoms with Crippen LogP contribution in [0.15, 0.2) is 18.2 Å². The first-order valence-electron chi connectivity index (χ1n) is 6.60. The lowest BCUT2D eigenvalue weighted by Crippen LogP contribution is -2.51. The summed E-state index contributed by atoms with van der Waals surface area (Å²) in [6.45, 7) is 2.57. The van der Waals surface area contributed by atoms with Crippen LogP contribution in [0.25, 0.3) is 0 Å². The Morgan fingerprint density at radius 3 is 3.11 bits per heavy atom. The Labute approximate surface area is 112 Å². The number of anilines is 1. The fourth-order valence-corrected chi connectivity index (χ4v) is 2.47. The van der Waals surface area contributed by atoms with Gasteiger partial charge in [-0.15, -0.1) is 0 Å². The van der Waals surface area contributed by atoms with Crippen molar-refractivity contribution in [1.82, 2.24) is 5.32 Å². The van der Waals surface area contributed by atoms with Crippen molar-refractivity contribution in [2.45, 2.75) is 12.5 Å². The van der Waals surface area contributed by atoms with Gasteiger partial charge in [-0.1, -0.05) is 0 Å². The van der Waals surface area contributed by atoms with Crippen molar-refractivity contribution in [1.29, 1.82) is 0 Å². The molecular weight excluding hydrogens is 244 g/mol. The topological polar surface area (TPSA) is 50.8 Å². The fourth-order valence-electron chi connectivity index (χ4n) is 2.47. The van der Waals surface area contributed by atoms with Crippen molar-refractivity contribution in [3.63, 3.8) is 0 Å². The highest BCUT2D eigenvalue weighted by Crippen LogP contribution is 2.29. The first kappa shape index (κ1) is 12.4. The van der Waals surface area contributed by atoms with Gasteiger partial charge in [0, 0.05) is 25.7 Å². The van der Waals surface area contributed by atoms with Crippen molar-refractivity contribution in [2.75, 3.05) is 38.3 Å². The van der Waals surface area contributed by atoms with Crippen molar-refractivity contribution in [3.05, 3.63) is 23.8 Å². The summed E-state index contributed by atoms with van der Waals surface area (Å²) in [6.07, 6.45) is 0.913. The molecule has 102 valence electrons. The van der Waals surface area contributed by atoms with Gasteiger partial charge in [0.2, 0.25) is 5.91 Å². The number of ether oxygens (including phenoxy) is 2. The van der Waals surface area contributed by atoms with E-state index in [-0.39, 0.29) is 11.9 Å². The van der Waals surface area contributed by atoms with Crippen LogP contribution in [-0.4, -0.2) is 45.4 Å². The molecule has 2 aliphatic heterocycles. The van der Waals surface area contributed by atoms with Crippen molar-refractivity contribution < 1.29 is 14.3 Å². The Kier molecular flexibility index (Phi) is 3.40. The average Bonchev–Trinajstić information content (AvgIpc) is 2.94. The summed E-state index contributed by atoms with van der Waals surface area (Å²) in [6, 6.07) is 5.64. The number of nitrogens with zero attached hydrogens (tertiary/aromatic N) is 1. The van der Waals surface area contributed by atoms with Crippen LogP contribution in [0.2, 0.25) is 0 Å². The fraction of sp³-hybridized carbons (Fsp3) is 0.500. The van der Waals surface area contributed by atoms with Gasteiger partial charge < -0.3 is 19.7 Å². The lowest BCUT2D eigenvalue weighted by atomic mass is 10.1. The third-order valence-electron chi connectivity index (χ3n) is 3.61. The van der Waals surface area contributed by atoms with Crippen molar-refractivity contribution in [3.8, 4) is 5.75 Å². The molecule has 2 aliphatic rings. The Balaban J connectivity index is 1.75. The number of hydrogen-bond donors (Lipinski definition) is 1. The van der Waals surface area contributed by atoms with Gasteiger partial charge in [0.15, 0.2) is 0 Å². The van der Waals surface area contributed by atoms with E-state index >= 15 is 0 Å². The summed E-state index contributed by atoms with van der Waals surface area (Å²) >= 11 is 0. The van der Waals surface area contributed by atoms with Gasteiger partial charge in [-0.3, -0.25) is 4.79 Å². The lowest BCUT2D eigenvalue weighted by molar-refractivity contribution is -0.123. The van der Waals surface area contributed by atoms with E-state index in [1.54, 1.807) is 11.9 Å². The van der Waals surface area contributed by atoms with Crippen LogP contribution in [-0.2, 0) is 16.0 Å². The van der Waals surface area contributed by atoms with E-state index < -0.39 is 0 Å². The Bertz CT molecular complexity index is 484. The van der Waals surface area contributed by atoms with Crippen molar-refractivity contribution in [2.24, 2.45) is 0 Å². The van der Waals surface area contributed by atoms with E-state index in [1.807, 2.05) is 18.2 Å². The summed E-state index contributed by atoms with van der Waals surface area (Å²) in [7, 11) is 1.80. The molecule has 1 saturated heterocycles. The highest BCUT2D eigenvalue weighted by Gasteiger charge is 2.25. The number of hydrogen-bond acceptors (Lipinski definition) is 4. The van der Waals surface area contributed by atoms with Crippen LogP contribution in [0.5, 0.6) is 5.75 Å². The molecule has 1 aromatic carbocycles. The second-order valence-corrected chi connectivity index (χ2v) is 4.87. The molecule has 0 spiro atoms. The normalized spacial score (nSPS) is 21.6. The molecule has 1 aromatic rings. The molecule has 0 aromatic heterocycles. The smallest absolute Gasteiger partial charge is 0.246 e. The van der Waals surface area contributed by atoms with Gasteiger partial charge in [-0.25, -0.2) is 0 Å². The van der Waals surface area contributed by atoms with Crippen LogP contribution in [0.4, 0.5) is 5.69 Å². The minimum Gasteiger partial charge on any atom is -0.493 e. The predicted octanol–water partition coefficient (Wildman–Crippen LogP) is 0.573. The zero-order chi connectivity index (χ0) is 13.2. The first-order chi connectivity index (χ1) is 9.25. The molecule has 1 unspecified atom stereocenters. The molecule has 0 radical (unpaired) electrons. The number of likely N-dealkylation sites (N-methyl/N-ethyl adjacent to an activating group) is 1. The molecule has 2 heterocycles. The quantitative estimate of drug-likeness (QED) is 0.846. The number of rotatable bonds is 2. The maximum absolute atomic E-state index is 12.4. The number of nitrogens with one attached hydrogen (secondary N) is 1. The third kappa shape index (κ3) is 2.43. The highest BCUT2D eigenvalue weighted by atomic mass is 16.5. The standard InChI is InChI=1S/C14H18N2O3/c1-16(14(17)12-9-18-7-5-15-12)11-2-3-13-10(8-11)4-6-19-13/h2-3,8,12,15H,4-7,9H2,1H3. The predicted molar refractivity (Wildman–Crippen MR) is 71.7 cm³/mol. The lowest BCUT2D eigenvalue weighted by Gasteiger charge is -2.27. The van der Waals surface area contributed by atoms with Gasteiger partial charge in [-0.05, 0) is 23.8 Å². The Hall–Kier alpha value is -1.59. The van der Waals surface area contributed by atoms with E-state index in [0.29, 0.717) is 13.2 Å². The maximum Gasteiger partial charge on any atom is 0.246 e. The number of amides is 1. The van der Waals surface area contributed by atoms with Crippen molar-refractivity contribution >= 4 is 11.6 Å². The third-order valence-corrected chi connectivity index (χ3v) is 3.61. The molecule has 0 bridgehead atoms. The molecule has 5 nitrogen and oxygen atoms in total. The summed E-state index contributed by atoms with van der Waals surface area (Å²) in [5, 5.41) is 3.18. The van der Waals surface area contributed by atoms with E-state index in [0.717, 1.165) is 31.0 Å². The molecule has 1 amide bonds. The number of benzene rings is 1. The second kappa shape index (κ2) is 5.19. The van der Waals surface area contributed by atoms with Crippen LogP contribution < -0.4 is 15.0 Å². The van der Waals surface area contributed by atoms with E-state index in [1.165, 1.54) is 5.56 Å². The largest absolute Gasteiger partial charge is 0.493 e. The zero-order valence-corrected chi connectivity index (χ0v) is 11.0. The number of carbonyl (C=O) groups is 1. The van der Waals surface area contributed by atoms with E-state index in [2.05, 4.69) is 5.32 Å². The van der Waals surface area contributed by atoms with E-state index in [4.69, 9.17) is 9.47 Å². The molecule has 19 heavy (non-hydrogen) atoms. The highest BCUT2D eigenvalue weighted by molar-refractivity contribution is 5.97. The summed E-state index contributed by atoms with van der Waals surface area (Å²) in [4.78, 5) is 14.0.